The zero-order valence-electron chi connectivity index (χ0n) is 12.6. The van der Waals surface area contributed by atoms with E-state index in [0.29, 0.717) is 17.5 Å². The van der Waals surface area contributed by atoms with E-state index in [1.807, 2.05) is 19.4 Å². The van der Waals surface area contributed by atoms with Crippen LogP contribution in [0.15, 0.2) is 10.3 Å². The molecule has 3 heterocycles. The molecule has 5 nitrogen and oxygen atoms in total. The Morgan fingerprint density at radius 3 is 2.95 bits per heavy atom. The van der Waals surface area contributed by atoms with Crippen LogP contribution >= 0.6 is 11.3 Å². The number of thiophene rings is 1. The van der Waals surface area contributed by atoms with E-state index >= 15 is 0 Å². The number of sulfonamides is 1. The Morgan fingerprint density at radius 1 is 1.38 bits per heavy atom. The Labute approximate surface area is 130 Å². The first-order valence-corrected chi connectivity index (χ1v) is 9.87. The van der Waals surface area contributed by atoms with Crippen molar-refractivity contribution in [1.82, 2.24) is 14.9 Å². The van der Waals surface area contributed by atoms with Gasteiger partial charge in [-0.3, -0.25) is 4.90 Å². The molecule has 0 aromatic carbocycles. The second kappa shape index (κ2) is 5.96. The highest BCUT2D eigenvalue weighted by molar-refractivity contribution is 7.89. The zero-order chi connectivity index (χ0) is 15.0. The molecule has 2 N–H and O–H groups in total. The minimum atomic E-state index is -3.43. The van der Waals surface area contributed by atoms with Gasteiger partial charge in [0.25, 0.3) is 0 Å². The highest BCUT2D eigenvalue weighted by atomic mass is 32.2. The molecule has 0 spiro atoms. The van der Waals surface area contributed by atoms with Gasteiger partial charge in [0.1, 0.15) is 4.90 Å². The molecular formula is C14H23N3O2S2. The van der Waals surface area contributed by atoms with Crippen molar-refractivity contribution in [1.29, 1.82) is 0 Å². The van der Waals surface area contributed by atoms with Crippen LogP contribution in [0, 0.1) is 6.92 Å². The first kappa shape index (κ1) is 15.4. The summed E-state index contributed by atoms with van der Waals surface area (Å²) in [6.45, 7) is 4.60. The molecule has 2 saturated heterocycles. The average Bonchev–Trinajstić information content (AvgIpc) is 3.08. The van der Waals surface area contributed by atoms with Gasteiger partial charge in [-0.25, -0.2) is 13.1 Å². The lowest BCUT2D eigenvalue weighted by Gasteiger charge is -2.21. The van der Waals surface area contributed by atoms with E-state index in [1.165, 1.54) is 17.8 Å². The second-order valence-corrected chi connectivity index (χ2v) is 8.58. The highest BCUT2D eigenvalue weighted by Crippen LogP contribution is 2.31. The SMILES string of the molecule is CNCc1scc(C)c1S(=O)(=O)NC1CCN2CCCC12. The van der Waals surface area contributed by atoms with E-state index in [2.05, 4.69) is 14.9 Å². The fourth-order valence-electron chi connectivity index (χ4n) is 3.61. The van der Waals surface area contributed by atoms with Gasteiger partial charge in [0.15, 0.2) is 0 Å². The maximum atomic E-state index is 12.8. The molecule has 0 bridgehead atoms. The fourth-order valence-corrected chi connectivity index (χ4v) is 6.74. The van der Waals surface area contributed by atoms with Crippen molar-refractivity contribution in [3.63, 3.8) is 0 Å². The molecule has 0 amide bonds. The molecule has 1 aromatic rings. The predicted molar refractivity (Wildman–Crippen MR) is 85.1 cm³/mol. The molecule has 0 aliphatic carbocycles. The number of rotatable bonds is 5. The van der Waals surface area contributed by atoms with Crippen molar-refractivity contribution in [2.24, 2.45) is 0 Å². The summed E-state index contributed by atoms with van der Waals surface area (Å²) in [5.74, 6) is 0. The van der Waals surface area contributed by atoms with E-state index in [1.54, 1.807) is 0 Å². The van der Waals surface area contributed by atoms with Crippen LogP contribution in [0.1, 0.15) is 29.7 Å². The van der Waals surface area contributed by atoms with Crippen LogP contribution in [-0.4, -0.2) is 45.5 Å². The van der Waals surface area contributed by atoms with Crippen LogP contribution in [-0.2, 0) is 16.6 Å². The Morgan fingerprint density at radius 2 is 2.19 bits per heavy atom. The molecule has 1 aromatic heterocycles. The lowest BCUT2D eigenvalue weighted by Crippen LogP contribution is -2.42. The molecule has 2 fully saturated rings. The van der Waals surface area contributed by atoms with E-state index < -0.39 is 10.0 Å². The summed E-state index contributed by atoms with van der Waals surface area (Å²) < 4.78 is 28.6. The lowest BCUT2D eigenvalue weighted by molar-refractivity contribution is 0.309. The quantitative estimate of drug-likeness (QED) is 0.855. The van der Waals surface area contributed by atoms with Crippen molar-refractivity contribution in [3.05, 3.63) is 15.8 Å². The third-order valence-corrected chi connectivity index (χ3v) is 7.46. The summed E-state index contributed by atoms with van der Waals surface area (Å²) in [5, 5.41) is 4.98. The molecule has 3 rings (SSSR count). The van der Waals surface area contributed by atoms with Crippen LogP contribution in [0.4, 0.5) is 0 Å². The molecule has 2 aliphatic rings. The Hall–Kier alpha value is -0.470. The van der Waals surface area contributed by atoms with E-state index in [9.17, 15) is 8.42 Å². The molecule has 2 aliphatic heterocycles. The summed E-state index contributed by atoms with van der Waals surface area (Å²) in [6.07, 6.45) is 3.22. The van der Waals surface area contributed by atoms with Gasteiger partial charge in [0.05, 0.1) is 0 Å². The van der Waals surface area contributed by atoms with Crippen molar-refractivity contribution < 1.29 is 8.42 Å². The zero-order valence-corrected chi connectivity index (χ0v) is 14.2. The summed E-state index contributed by atoms with van der Waals surface area (Å²) in [5.41, 5.74) is 0.846. The molecule has 0 radical (unpaired) electrons. The van der Waals surface area contributed by atoms with Gasteiger partial charge >= 0.3 is 0 Å². The van der Waals surface area contributed by atoms with Crippen LogP contribution < -0.4 is 10.0 Å². The van der Waals surface area contributed by atoms with Gasteiger partial charge in [-0.15, -0.1) is 11.3 Å². The third kappa shape index (κ3) is 2.90. The molecule has 118 valence electrons. The van der Waals surface area contributed by atoms with E-state index in [0.717, 1.165) is 36.4 Å². The molecule has 2 atom stereocenters. The monoisotopic (exact) mass is 329 g/mol. The third-order valence-electron chi connectivity index (χ3n) is 4.51. The van der Waals surface area contributed by atoms with Gasteiger partial charge in [-0.2, -0.15) is 0 Å². The first-order valence-electron chi connectivity index (χ1n) is 7.51. The van der Waals surface area contributed by atoms with Crippen LogP contribution in [0.25, 0.3) is 0 Å². The maximum Gasteiger partial charge on any atom is 0.242 e. The minimum Gasteiger partial charge on any atom is -0.315 e. The standard InChI is InChI=1S/C14H23N3O2S2/c1-10-9-20-13(8-15-2)14(10)21(18,19)16-11-5-7-17-6-3-4-12(11)17/h9,11-12,15-16H,3-8H2,1-2H3. The topological polar surface area (TPSA) is 61.4 Å². The summed E-state index contributed by atoms with van der Waals surface area (Å²) >= 11 is 1.51. The number of hydrogen-bond donors (Lipinski definition) is 2. The molecule has 7 heteroatoms. The number of nitrogens with one attached hydrogen (secondary N) is 2. The van der Waals surface area contributed by atoms with Crippen molar-refractivity contribution >= 4 is 21.4 Å². The van der Waals surface area contributed by atoms with Crippen LogP contribution in [0.3, 0.4) is 0 Å². The number of hydrogen-bond acceptors (Lipinski definition) is 5. The van der Waals surface area contributed by atoms with Gasteiger partial charge < -0.3 is 5.32 Å². The number of nitrogens with zero attached hydrogens (tertiary/aromatic N) is 1. The van der Waals surface area contributed by atoms with Gasteiger partial charge in [0.2, 0.25) is 10.0 Å². The van der Waals surface area contributed by atoms with E-state index in [4.69, 9.17) is 0 Å². The van der Waals surface area contributed by atoms with Crippen molar-refractivity contribution in [2.75, 3.05) is 20.1 Å². The second-order valence-electron chi connectivity index (χ2n) is 5.96. The Balaban J connectivity index is 1.82. The summed E-state index contributed by atoms with van der Waals surface area (Å²) in [7, 11) is -1.59. The fraction of sp³-hybridized carbons (Fsp3) is 0.714. The number of fused-ring (bicyclic) bond motifs is 1. The average molecular weight is 329 g/mol. The lowest BCUT2D eigenvalue weighted by atomic mass is 10.1. The Kier molecular flexibility index (Phi) is 4.38. The van der Waals surface area contributed by atoms with E-state index in [-0.39, 0.29) is 6.04 Å². The minimum absolute atomic E-state index is 0.0687. The number of aryl methyl sites for hydroxylation is 1. The molecule has 2 unspecified atom stereocenters. The normalized spacial score (nSPS) is 26.4. The predicted octanol–water partition coefficient (Wildman–Crippen LogP) is 1.29. The van der Waals surface area contributed by atoms with Crippen LogP contribution in [0.5, 0.6) is 0 Å². The first-order chi connectivity index (χ1) is 10.0. The molecule has 21 heavy (non-hydrogen) atoms. The molecular weight excluding hydrogens is 306 g/mol. The highest BCUT2D eigenvalue weighted by Gasteiger charge is 2.39. The van der Waals surface area contributed by atoms with Gasteiger partial charge in [-0.1, -0.05) is 0 Å². The Bertz CT molecular complexity index is 612. The smallest absolute Gasteiger partial charge is 0.242 e. The maximum absolute atomic E-state index is 12.8. The molecule has 0 saturated carbocycles. The van der Waals surface area contributed by atoms with Crippen molar-refractivity contribution in [3.8, 4) is 0 Å². The summed E-state index contributed by atoms with van der Waals surface area (Å²) in [6, 6.07) is 0.464. The van der Waals surface area contributed by atoms with Gasteiger partial charge in [-0.05, 0) is 50.7 Å². The van der Waals surface area contributed by atoms with Crippen LogP contribution in [0.2, 0.25) is 0 Å². The van der Waals surface area contributed by atoms with Crippen molar-refractivity contribution in [2.45, 2.75) is 49.7 Å². The van der Waals surface area contributed by atoms with Gasteiger partial charge in [0, 0.05) is 30.1 Å². The summed E-state index contributed by atoms with van der Waals surface area (Å²) in [4.78, 5) is 3.80. The largest absolute Gasteiger partial charge is 0.315 e.